The van der Waals surface area contributed by atoms with Crippen molar-refractivity contribution in [1.82, 2.24) is 14.7 Å². The molecule has 2 aromatic heterocycles. The molecule has 1 saturated carbocycles. The minimum Gasteiger partial charge on any atom is -0.264 e. The van der Waals surface area contributed by atoms with E-state index < -0.39 is 10.0 Å². The number of sulfonamides is 1. The van der Waals surface area contributed by atoms with Crippen molar-refractivity contribution in [1.29, 1.82) is 0 Å². The van der Waals surface area contributed by atoms with Gasteiger partial charge in [0.05, 0.1) is 10.9 Å². The van der Waals surface area contributed by atoms with Gasteiger partial charge in [0.1, 0.15) is 0 Å². The fraction of sp³-hybridized carbons (Fsp3) is 0.412. The lowest BCUT2D eigenvalue weighted by Gasteiger charge is -2.22. The topological polar surface area (TPSA) is 72.0 Å². The molecule has 6 heteroatoms. The zero-order chi connectivity index (χ0) is 16.1. The number of nitrogens with one attached hydrogen (secondary N) is 1. The summed E-state index contributed by atoms with van der Waals surface area (Å²) in [5.74, 6) is 0. The van der Waals surface area contributed by atoms with Crippen LogP contribution in [-0.2, 0) is 16.6 Å². The lowest BCUT2D eigenvalue weighted by atomic mass is 10.0. The van der Waals surface area contributed by atoms with Crippen LogP contribution in [-0.4, -0.2) is 23.6 Å². The second-order valence-corrected chi connectivity index (χ2v) is 7.96. The lowest BCUT2D eigenvalue weighted by molar-refractivity contribution is 0.477. The average Bonchev–Trinajstić information content (AvgIpc) is 2.62. The molecular formula is C17H21N3O2S. The van der Waals surface area contributed by atoms with Gasteiger partial charge in [-0.15, -0.1) is 0 Å². The maximum atomic E-state index is 12.3. The lowest BCUT2D eigenvalue weighted by Crippen LogP contribution is -2.35. The van der Waals surface area contributed by atoms with Gasteiger partial charge in [-0.25, -0.2) is 13.1 Å². The summed E-state index contributed by atoms with van der Waals surface area (Å²) < 4.78 is 27.3. The summed E-state index contributed by atoms with van der Waals surface area (Å²) in [5.41, 5.74) is 2.64. The molecule has 1 aliphatic rings. The average molecular weight is 331 g/mol. The third-order valence-electron chi connectivity index (χ3n) is 4.25. The van der Waals surface area contributed by atoms with Crippen LogP contribution in [0.2, 0.25) is 0 Å². The van der Waals surface area contributed by atoms with Gasteiger partial charge in [-0.2, -0.15) is 0 Å². The Kier molecular flexibility index (Phi) is 5.03. The molecule has 0 aliphatic heterocycles. The van der Waals surface area contributed by atoms with Crippen molar-refractivity contribution in [3.05, 3.63) is 48.4 Å². The van der Waals surface area contributed by atoms with E-state index in [1.165, 1.54) is 0 Å². The standard InChI is InChI=1S/C17H21N3O2S/c21-23(22,16-6-2-1-3-7-16)20-12-14-8-9-17(19-11-14)15-5-4-10-18-13-15/h4-5,8-11,13,16,20H,1-3,6-7,12H2. The number of aromatic nitrogens is 2. The summed E-state index contributed by atoms with van der Waals surface area (Å²) in [6.45, 7) is 0.291. The Balaban J connectivity index is 1.62. The minimum atomic E-state index is -3.23. The molecule has 0 aromatic carbocycles. The zero-order valence-electron chi connectivity index (χ0n) is 13.0. The van der Waals surface area contributed by atoms with Crippen molar-refractivity contribution >= 4 is 10.0 Å². The van der Waals surface area contributed by atoms with Gasteiger partial charge < -0.3 is 0 Å². The molecule has 1 aliphatic carbocycles. The number of nitrogens with zero attached hydrogens (tertiary/aromatic N) is 2. The fourth-order valence-corrected chi connectivity index (χ4v) is 4.45. The van der Waals surface area contributed by atoms with Crippen LogP contribution in [0.15, 0.2) is 42.9 Å². The molecule has 3 rings (SSSR count). The first-order chi connectivity index (χ1) is 11.1. The van der Waals surface area contributed by atoms with Crippen molar-refractivity contribution in [2.45, 2.75) is 43.9 Å². The van der Waals surface area contributed by atoms with Crippen LogP contribution in [0.1, 0.15) is 37.7 Å². The summed E-state index contributed by atoms with van der Waals surface area (Å²) in [6.07, 6.45) is 9.89. The quantitative estimate of drug-likeness (QED) is 0.914. The highest BCUT2D eigenvalue weighted by Crippen LogP contribution is 2.23. The SMILES string of the molecule is O=S(=O)(NCc1ccc(-c2cccnc2)nc1)C1CCCCC1. The van der Waals surface area contributed by atoms with E-state index in [0.717, 1.165) is 48.9 Å². The van der Waals surface area contributed by atoms with E-state index >= 15 is 0 Å². The van der Waals surface area contributed by atoms with Gasteiger partial charge in [-0.05, 0) is 36.6 Å². The highest BCUT2D eigenvalue weighted by Gasteiger charge is 2.26. The van der Waals surface area contributed by atoms with Gasteiger partial charge in [-0.3, -0.25) is 9.97 Å². The second kappa shape index (κ2) is 7.19. The van der Waals surface area contributed by atoms with E-state index in [4.69, 9.17) is 0 Å². The predicted octanol–water partition coefficient (Wildman–Crippen LogP) is 2.90. The largest absolute Gasteiger partial charge is 0.264 e. The first kappa shape index (κ1) is 16.1. The van der Waals surface area contributed by atoms with Crippen LogP contribution >= 0.6 is 0 Å². The molecule has 2 aromatic rings. The summed E-state index contributed by atoms with van der Waals surface area (Å²) in [6, 6.07) is 7.60. The molecule has 0 spiro atoms. The van der Waals surface area contributed by atoms with Gasteiger partial charge in [0, 0.05) is 30.7 Å². The van der Waals surface area contributed by atoms with Gasteiger partial charge in [-0.1, -0.05) is 25.3 Å². The minimum absolute atomic E-state index is 0.237. The van der Waals surface area contributed by atoms with Crippen molar-refractivity contribution in [3.63, 3.8) is 0 Å². The predicted molar refractivity (Wildman–Crippen MR) is 90.1 cm³/mol. The van der Waals surface area contributed by atoms with Crippen LogP contribution in [0.25, 0.3) is 11.3 Å². The van der Waals surface area contributed by atoms with E-state index in [-0.39, 0.29) is 5.25 Å². The Bertz CT molecular complexity index is 724. The van der Waals surface area contributed by atoms with E-state index in [2.05, 4.69) is 14.7 Å². The summed E-state index contributed by atoms with van der Waals surface area (Å²) in [4.78, 5) is 8.46. The summed E-state index contributed by atoms with van der Waals surface area (Å²) in [7, 11) is -3.23. The molecule has 0 saturated heterocycles. The third kappa shape index (κ3) is 4.14. The fourth-order valence-electron chi connectivity index (χ4n) is 2.89. The first-order valence-electron chi connectivity index (χ1n) is 7.99. The molecule has 122 valence electrons. The van der Waals surface area contributed by atoms with Crippen LogP contribution in [0.4, 0.5) is 0 Å². The number of rotatable bonds is 5. The molecule has 0 amide bonds. The van der Waals surface area contributed by atoms with E-state index in [0.29, 0.717) is 6.54 Å². The summed E-state index contributed by atoms with van der Waals surface area (Å²) >= 11 is 0. The van der Waals surface area contributed by atoms with Gasteiger partial charge in [0.25, 0.3) is 0 Å². The Hall–Kier alpha value is -1.79. The monoisotopic (exact) mass is 331 g/mol. The zero-order valence-corrected chi connectivity index (χ0v) is 13.8. The Morgan fingerprint density at radius 1 is 1.09 bits per heavy atom. The molecule has 0 atom stereocenters. The van der Waals surface area contributed by atoms with Gasteiger partial charge in [0.15, 0.2) is 0 Å². The van der Waals surface area contributed by atoms with Crippen molar-refractivity contribution in [2.24, 2.45) is 0 Å². The van der Waals surface area contributed by atoms with Crippen LogP contribution in [0.3, 0.4) is 0 Å². The van der Waals surface area contributed by atoms with E-state index in [9.17, 15) is 8.42 Å². The molecule has 1 N–H and O–H groups in total. The second-order valence-electron chi connectivity index (χ2n) is 5.92. The van der Waals surface area contributed by atoms with Crippen LogP contribution in [0, 0.1) is 0 Å². The van der Waals surface area contributed by atoms with E-state index in [1.807, 2.05) is 24.3 Å². The molecule has 0 unspecified atom stereocenters. The number of hydrogen-bond acceptors (Lipinski definition) is 4. The maximum Gasteiger partial charge on any atom is 0.214 e. The highest BCUT2D eigenvalue weighted by atomic mass is 32.2. The molecular weight excluding hydrogens is 310 g/mol. The number of hydrogen-bond donors (Lipinski definition) is 1. The third-order valence-corrected chi connectivity index (χ3v) is 6.15. The molecule has 0 radical (unpaired) electrons. The van der Waals surface area contributed by atoms with Gasteiger partial charge in [0.2, 0.25) is 10.0 Å². The van der Waals surface area contributed by atoms with Crippen molar-refractivity contribution in [3.8, 4) is 11.3 Å². The maximum absolute atomic E-state index is 12.3. The summed E-state index contributed by atoms with van der Waals surface area (Å²) in [5, 5.41) is -0.237. The highest BCUT2D eigenvalue weighted by molar-refractivity contribution is 7.90. The smallest absolute Gasteiger partial charge is 0.214 e. The van der Waals surface area contributed by atoms with Crippen LogP contribution < -0.4 is 4.72 Å². The first-order valence-corrected chi connectivity index (χ1v) is 9.53. The molecule has 2 heterocycles. The molecule has 1 fully saturated rings. The normalized spacial score (nSPS) is 16.3. The van der Waals surface area contributed by atoms with Crippen molar-refractivity contribution < 1.29 is 8.42 Å². The van der Waals surface area contributed by atoms with Gasteiger partial charge >= 0.3 is 0 Å². The van der Waals surface area contributed by atoms with E-state index in [1.54, 1.807) is 18.6 Å². The Morgan fingerprint density at radius 3 is 2.57 bits per heavy atom. The molecule has 5 nitrogen and oxygen atoms in total. The van der Waals surface area contributed by atoms with Crippen LogP contribution in [0.5, 0.6) is 0 Å². The Morgan fingerprint density at radius 2 is 1.91 bits per heavy atom. The van der Waals surface area contributed by atoms with Crippen molar-refractivity contribution in [2.75, 3.05) is 0 Å². The molecule has 0 bridgehead atoms. The Labute approximate surface area is 137 Å². The number of pyridine rings is 2. The molecule has 23 heavy (non-hydrogen) atoms.